The molecule has 1 fully saturated rings. The minimum absolute atomic E-state index is 0.0957. The van der Waals surface area contributed by atoms with Crippen molar-refractivity contribution < 1.29 is 13.2 Å². The fraction of sp³-hybridized carbons (Fsp3) is 0.192. The summed E-state index contributed by atoms with van der Waals surface area (Å²) in [5, 5.41) is 9.40. The van der Waals surface area contributed by atoms with Gasteiger partial charge in [0.05, 0.1) is 35.4 Å². The van der Waals surface area contributed by atoms with Crippen LogP contribution in [0.15, 0.2) is 54.6 Å². The van der Waals surface area contributed by atoms with Crippen LogP contribution in [0.1, 0.15) is 12.0 Å². The third kappa shape index (κ3) is 3.92. The van der Waals surface area contributed by atoms with Gasteiger partial charge in [-0.2, -0.15) is 5.10 Å². The zero-order valence-electron chi connectivity index (χ0n) is 19.8. The van der Waals surface area contributed by atoms with Crippen molar-refractivity contribution in [1.82, 2.24) is 40.0 Å². The van der Waals surface area contributed by atoms with Crippen LogP contribution in [0.2, 0.25) is 0 Å². The first kappa shape index (κ1) is 23.0. The Morgan fingerprint density at radius 2 is 1.95 bits per heavy atom. The second kappa shape index (κ2) is 8.71. The second-order valence-corrected chi connectivity index (χ2v) is 10.3. The number of thiophene rings is 1. The van der Waals surface area contributed by atoms with Crippen LogP contribution in [-0.2, 0) is 6.54 Å². The van der Waals surface area contributed by atoms with E-state index in [0.29, 0.717) is 52.3 Å². The molecule has 6 aromatic rings. The number of nitrogens with zero attached hydrogens (tertiary/aromatic N) is 6. The lowest BCUT2D eigenvalue weighted by molar-refractivity contribution is 0.0115. The fourth-order valence-electron chi connectivity index (χ4n) is 4.91. The van der Waals surface area contributed by atoms with Gasteiger partial charge in [0.15, 0.2) is 11.6 Å². The maximum absolute atomic E-state index is 16.0. The molecule has 7 heterocycles. The quantitative estimate of drug-likeness (QED) is 0.297. The van der Waals surface area contributed by atoms with Gasteiger partial charge >= 0.3 is 0 Å². The molecule has 1 saturated heterocycles. The van der Waals surface area contributed by atoms with Crippen LogP contribution in [0.3, 0.4) is 0 Å². The topological polar surface area (TPSA) is 99.3 Å². The second-order valence-electron chi connectivity index (χ2n) is 9.33. The van der Waals surface area contributed by atoms with E-state index in [9.17, 15) is 8.78 Å². The highest BCUT2D eigenvalue weighted by Gasteiger charge is 2.38. The molecule has 0 amide bonds. The number of H-pyrrole nitrogens is 2. The summed E-state index contributed by atoms with van der Waals surface area (Å²) in [6, 6.07) is 5.69. The van der Waals surface area contributed by atoms with E-state index in [1.807, 2.05) is 17.5 Å². The molecule has 0 atom stereocenters. The van der Waals surface area contributed by atoms with Crippen molar-refractivity contribution in [3.05, 3.63) is 65.9 Å². The Hall–Kier alpha value is -4.16. The van der Waals surface area contributed by atoms with Gasteiger partial charge in [0.1, 0.15) is 16.9 Å². The number of hydrogen-bond acceptors (Lipinski definition) is 7. The summed E-state index contributed by atoms with van der Waals surface area (Å²) < 4.78 is 43.2. The van der Waals surface area contributed by atoms with Crippen molar-refractivity contribution in [2.24, 2.45) is 0 Å². The highest BCUT2D eigenvalue weighted by atomic mass is 32.1. The van der Waals surface area contributed by atoms with E-state index < -0.39 is 11.7 Å². The van der Waals surface area contributed by atoms with Crippen molar-refractivity contribution in [1.29, 1.82) is 0 Å². The first-order valence-electron chi connectivity index (χ1n) is 11.9. The predicted octanol–water partition coefficient (Wildman–Crippen LogP) is 5.67. The Morgan fingerprint density at radius 3 is 2.76 bits per heavy atom. The minimum Gasteiger partial charge on any atom is -0.335 e. The number of likely N-dealkylation sites (tertiary alicyclic amines) is 1. The Labute approximate surface area is 217 Å². The predicted molar refractivity (Wildman–Crippen MR) is 138 cm³/mol. The summed E-state index contributed by atoms with van der Waals surface area (Å²) in [4.78, 5) is 23.5. The smallest absolute Gasteiger partial charge is 0.261 e. The molecule has 2 N–H and O–H groups in total. The van der Waals surface area contributed by atoms with Crippen molar-refractivity contribution >= 4 is 33.3 Å². The molecule has 0 bridgehead atoms. The van der Waals surface area contributed by atoms with Crippen molar-refractivity contribution in [2.45, 2.75) is 18.9 Å². The van der Waals surface area contributed by atoms with Gasteiger partial charge in [-0.15, -0.1) is 11.3 Å². The lowest BCUT2D eigenvalue weighted by atomic mass is 10.1. The highest BCUT2D eigenvalue weighted by molar-refractivity contribution is 7.13. The standard InChI is InChI=1S/C26H19F3N8S/c27-21-20-17(11-32-22(21)15-6-14(7-30-8-15)12-37-4-3-26(28,29)13-37)35-36-24(20)25-33-18-10-31-9-16(23(18)34-25)19-2-1-5-38-19/h1-2,5-11H,3-4,12-13H2,(H,33,34)(H,35,36). The molecule has 38 heavy (non-hydrogen) atoms. The number of nitrogens with one attached hydrogen (secondary N) is 2. The number of aromatic amines is 2. The monoisotopic (exact) mass is 532 g/mol. The summed E-state index contributed by atoms with van der Waals surface area (Å²) in [7, 11) is 0. The van der Waals surface area contributed by atoms with E-state index in [-0.39, 0.29) is 24.0 Å². The number of pyridine rings is 3. The molecule has 0 aliphatic carbocycles. The molecular weight excluding hydrogens is 513 g/mol. The van der Waals surface area contributed by atoms with Crippen LogP contribution >= 0.6 is 11.3 Å². The lowest BCUT2D eigenvalue weighted by Crippen LogP contribution is -2.24. The van der Waals surface area contributed by atoms with Gasteiger partial charge in [-0.25, -0.2) is 18.2 Å². The molecule has 8 nitrogen and oxygen atoms in total. The van der Waals surface area contributed by atoms with E-state index in [1.54, 1.807) is 40.9 Å². The Bertz CT molecular complexity index is 1790. The summed E-state index contributed by atoms with van der Waals surface area (Å²) in [5.41, 5.74) is 4.29. The average Bonchev–Trinajstić information content (AvgIpc) is 3.70. The molecule has 6 aromatic heterocycles. The van der Waals surface area contributed by atoms with Crippen molar-refractivity contribution in [3.8, 4) is 33.2 Å². The van der Waals surface area contributed by atoms with Crippen molar-refractivity contribution in [3.63, 3.8) is 0 Å². The molecule has 0 spiro atoms. The third-order valence-electron chi connectivity index (χ3n) is 6.67. The van der Waals surface area contributed by atoms with Crippen LogP contribution in [0.5, 0.6) is 0 Å². The molecular formula is C26H19F3N8S. The van der Waals surface area contributed by atoms with E-state index in [2.05, 4.69) is 30.1 Å². The van der Waals surface area contributed by atoms with Gasteiger partial charge in [-0.05, 0) is 23.1 Å². The molecule has 190 valence electrons. The molecule has 0 radical (unpaired) electrons. The fourth-order valence-corrected chi connectivity index (χ4v) is 5.65. The zero-order chi connectivity index (χ0) is 25.9. The molecule has 1 aliphatic heterocycles. The van der Waals surface area contributed by atoms with Crippen LogP contribution in [0.4, 0.5) is 13.2 Å². The van der Waals surface area contributed by atoms with Gasteiger partial charge in [0, 0.05) is 54.1 Å². The van der Waals surface area contributed by atoms with Crippen LogP contribution in [-0.4, -0.2) is 59.0 Å². The van der Waals surface area contributed by atoms with Gasteiger partial charge in [-0.3, -0.25) is 25.0 Å². The summed E-state index contributed by atoms with van der Waals surface area (Å²) in [5.74, 6) is -2.86. The maximum Gasteiger partial charge on any atom is 0.261 e. The summed E-state index contributed by atoms with van der Waals surface area (Å²) in [6.45, 7) is 0.307. The Kier molecular flexibility index (Phi) is 5.27. The summed E-state index contributed by atoms with van der Waals surface area (Å²) in [6.07, 6.45) is 7.90. The number of rotatable bonds is 5. The normalized spacial score (nSPS) is 15.7. The van der Waals surface area contributed by atoms with E-state index in [0.717, 1.165) is 10.4 Å². The summed E-state index contributed by atoms with van der Waals surface area (Å²) >= 11 is 1.58. The van der Waals surface area contributed by atoms with Crippen LogP contribution < -0.4 is 0 Å². The first-order chi connectivity index (χ1) is 18.4. The largest absolute Gasteiger partial charge is 0.335 e. The molecule has 0 aromatic carbocycles. The van der Waals surface area contributed by atoms with Crippen molar-refractivity contribution in [2.75, 3.05) is 13.1 Å². The van der Waals surface area contributed by atoms with Crippen LogP contribution in [0.25, 0.3) is 55.2 Å². The highest BCUT2D eigenvalue weighted by Crippen LogP contribution is 2.35. The molecule has 0 unspecified atom stereocenters. The van der Waals surface area contributed by atoms with Gasteiger partial charge < -0.3 is 4.98 Å². The number of halogens is 3. The van der Waals surface area contributed by atoms with Gasteiger partial charge in [-0.1, -0.05) is 6.07 Å². The molecule has 0 saturated carbocycles. The number of aromatic nitrogens is 7. The van der Waals surface area contributed by atoms with Crippen LogP contribution in [0, 0.1) is 5.82 Å². The Morgan fingerprint density at radius 1 is 1.05 bits per heavy atom. The van der Waals surface area contributed by atoms with E-state index in [1.165, 1.54) is 12.4 Å². The minimum atomic E-state index is -2.68. The molecule has 12 heteroatoms. The first-order valence-corrected chi connectivity index (χ1v) is 12.8. The van der Waals surface area contributed by atoms with Gasteiger partial charge in [0.25, 0.3) is 5.92 Å². The Balaban J connectivity index is 1.28. The SMILES string of the molecule is Fc1c(-c2cncc(CN3CCC(F)(F)C3)c2)ncc2[nH]nc(-c3nc4c(-c5cccs5)cncc4[nH]3)c12. The third-order valence-corrected chi connectivity index (χ3v) is 7.58. The number of imidazole rings is 1. The number of hydrogen-bond donors (Lipinski definition) is 2. The zero-order valence-corrected chi connectivity index (χ0v) is 20.6. The lowest BCUT2D eigenvalue weighted by Gasteiger charge is -2.15. The van der Waals surface area contributed by atoms with Gasteiger partial charge in [0.2, 0.25) is 0 Å². The van der Waals surface area contributed by atoms with E-state index >= 15 is 4.39 Å². The maximum atomic E-state index is 16.0. The van der Waals surface area contributed by atoms with E-state index in [4.69, 9.17) is 4.98 Å². The number of alkyl halides is 2. The molecule has 7 rings (SSSR count). The number of fused-ring (bicyclic) bond motifs is 2. The average molecular weight is 533 g/mol. The molecule has 1 aliphatic rings.